The minimum atomic E-state index is 0.0909. The largest absolute Gasteiger partial charge is 0.493 e. The highest BCUT2D eigenvalue weighted by atomic mass is 16.5. The summed E-state index contributed by atoms with van der Waals surface area (Å²) in [4.78, 5) is 19.8. The molecule has 196 valence electrons. The second-order valence-electron chi connectivity index (χ2n) is 9.80. The van der Waals surface area contributed by atoms with Gasteiger partial charge in [-0.2, -0.15) is 0 Å². The van der Waals surface area contributed by atoms with Gasteiger partial charge in [-0.3, -0.25) is 4.79 Å². The number of hydrogen-bond acceptors (Lipinski definition) is 4. The molecule has 1 aliphatic heterocycles. The van der Waals surface area contributed by atoms with Gasteiger partial charge in [-0.25, -0.2) is 4.98 Å². The van der Waals surface area contributed by atoms with Crippen LogP contribution in [0.5, 0.6) is 11.5 Å². The van der Waals surface area contributed by atoms with Gasteiger partial charge in [0, 0.05) is 32.0 Å². The van der Waals surface area contributed by atoms with Crippen LogP contribution in [0.1, 0.15) is 42.1 Å². The zero-order valence-electron chi connectivity index (χ0n) is 22.0. The van der Waals surface area contributed by atoms with Crippen molar-refractivity contribution in [1.82, 2.24) is 14.5 Å². The molecule has 1 unspecified atom stereocenters. The molecular weight excluding hydrogens is 474 g/mol. The number of aromatic nitrogens is 2. The lowest BCUT2D eigenvalue weighted by Crippen LogP contribution is -2.24. The molecule has 1 atom stereocenters. The zero-order valence-corrected chi connectivity index (χ0v) is 22.0. The van der Waals surface area contributed by atoms with E-state index in [2.05, 4.69) is 41.5 Å². The molecule has 6 heteroatoms. The van der Waals surface area contributed by atoms with Gasteiger partial charge in [0.2, 0.25) is 5.91 Å². The van der Waals surface area contributed by atoms with Crippen LogP contribution >= 0.6 is 0 Å². The van der Waals surface area contributed by atoms with E-state index in [0.717, 1.165) is 65.3 Å². The number of imidazole rings is 1. The van der Waals surface area contributed by atoms with Crippen molar-refractivity contribution < 1.29 is 14.3 Å². The number of carbonyl (C=O) groups excluding carboxylic acids is 1. The summed E-state index contributed by atoms with van der Waals surface area (Å²) >= 11 is 0. The number of rotatable bonds is 12. The van der Waals surface area contributed by atoms with Crippen LogP contribution in [-0.4, -0.2) is 40.6 Å². The van der Waals surface area contributed by atoms with Crippen molar-refractivity contribution in [2.75, 3.05) is 20.3 Å². The van der Waals surface area contributed by atoms with Crippen molar-refractivity contribution >= 4 is 16.9 Å². The first-order chi connectivity index (χ1) is 18.7. The van der Waals surface area contributed by atoms with Gasteiger partial charge in [-0.15, -0.1) is 6.58 Å². The number of methoxy groups -OCH3 is 1. The second-order valence-corrected chi connectivity index (χ2v) is 9.80. The van der Waals surface area contributed by atoms with E-state index in [9.17, 15) is 4.79 Å². The summed E-state index contributed by atoms with van der Waals surface area (Å²) in [7, 11) is 1.67. The molecule has 4 aromatic rings. The topological polar surface area (TPSA) is 56.6 Å². The maximum absolute atomic E-state index is 12.9. The summed E-state index contributed by atoms with van der Waals surface area (Å²) in [6, 6.07) is 24.5. The van der Waals surface area contributed by atoms with E-state index in [1.165, 1.54) is 0 Å². The Morgan fingerprint density at radius 3 is 2.63 bits per heavy atom. The minimum absolute atomic E-state index is 0.0909. The van der Waals surface area contributed by atoms with Crippen LogP contribution in [0, 0.1) is 0 Å². The average molecular weight is 510 g/mol. The van der Waals surface area contributed by atoms with Crippen molar-refractivity contribution in [3.05, 3.63) is 102 Å². The van der Waals surface area contributed by atoms with Gasteiger partial charge in [0.25, 0.3) is 0 Å². The molecular formula is C32H35N3O3. The quantitative estimate of drug-likeness (QED) is 0.170. The highest BCUT2D eigenvalue weighted by molar-refractivity contribution is 5.81. The van der Waals surface area contributed by atoms with E-state index >= 15 is 0 Å². The van der Waals surface area contributed by atoms with Gasteiger partial charge >= 0.3 is 0 Å². The fraction of sp³-hybridized carbons (Fsp3) is 0.312. The number of nitrogens with zero attached hydrogens (tertiary/aromatic N) is 3. The molecule has 1 fully saturated rings. The highest BCUT2D eigenvalue weighted by Gasteiger charge is 2.33. The molecule has 1 saturated heterocycles. The first-order valence-electron chi connectivity index (χ1n) is 13.3. The van der Waals surface area contributed by atoms with E-state index in [1.807, 2.05) is 53.4 Å². The Hall–Kier alpha value is -4.06. The van der Waals surface area contributed by atoms with Crippen LogP contribution in [0.3, 0.4) is 0 Å². The standard InChI is InChI=1S/C32H35N3O3/c1-3-11-24-16-17-29(30(20-24)37-2)38-19-10-9-18-35-28-15-8-7-14-27(28)33-32(35)26-21-31(36)34(23-26)22-25-12-5-4-6-13-25/h3-8,12-17,20,26H,1,9-11,18-19,21-23H2,2H3. The van der Waals surface area contributed by atoms with Crippen LogP contribution in [-0.2, 0) is 24.3 Å². The smallest absolute Gasteiger partial charge is 0.223 e. The lowest BCUT2D eigenvalue weighted by atomic mass is 10.1. The molecule has 0 saturated carbocycles. The zero-order chi connectivity index (χ0) is 26.3. The first-order valence-corrected chi connectivity index (χ1v) is 13.3. The van der Waals surface area contributed by atoms with Crippen molar-refractivity contribution in [3.63, 3.8) is 0 Å². The normalized spacial score (nSPS) is 15.2. The van der Waals surface area contributed by atoms with Crippen LogP contribution < -0.4 is 9.47 Å². The Bertz CT molecular complexity index is 1400. The molecule has 0 radical (unpaired) electrons. The van der Waals surface area contributed by atoms with Crippen LogP contribution in [0.25, 0.3) is 11.0 Å². The van der Waals surface area contributed by atoms with Gasteiger partial charge in [0.15, 0.2) is 11.5 Å². The number of ether oxygens (including phenoxy) is 2. The number of benzene rings is 3. The molecule has 3 aromatic carbocycles. The Labute approximate surface area is 224 Å². The maximum Gasteiger partial charge on any atom is 0.223 e. The lowest BCUT2D eigenvalue weighted by Gasteiger charge is -2.17. The Morgan fingerprint density at radius 2 is 1.82 bits per heavy atom. The molecule has 0 aliphatic carbocycles. The molecule has 2 heterocycles. The summed E-state index contributed by atoms with van der Waals surface area (Å²) in [5.74, 6) is 2.80. The van der Waals surface area contributed by atoms with E-state index in [1.54, 1.807) is 7.11 Å². The fourth-order valence-electron chi connectivity index (χ4n) is 5.22. The van der Waals surface area contributed by atoms with Crippen LogP contribution in [0.15, 0.2) is 85.5 Å². The predicted molar refractivity (Wildman–Crippen MR) is 151 cm³/mol. The molecule has 5 rings (SSSR count). The Balaban J connectivity index is 1.23. The number of para-hydroxylation sites is 2. The van der Waals surface area contributed by atoms with E-state index in [4.69, 9.17) is 14.5 Å². The summed E-state index contributed by atoms with van der Waals surface area (Å²) < 4.78 is 13.9. The molecule has 1 aromatic heterocycles. The molecule has 0 bridgehead atoms. The SMILES string of the molecule is C=CCc1ccc(OCCCCn2c(C3CC(=O)N(Cc4ccccc4)C3)nc3ccccc32)c(OC)c1. The van der Waals surface area contributed by atoms with Gasteiger partial charge in [-0.05, 0) is 54.7 Å². The molecule has 0 spiro atoms. The van der Waals surface area contributed by atoms with E-state index in [-0.39, 0.29) is 11.8 Å². The van der Waals surface area contributed by atoms with E-state index < -0.39 is 0 Å². The summed E-state index contributed by atoms with van der Waals surface area (Å²) in [6.07, 6.45) is 5.02. The third-order valence-electron chi connectivity index (χ3n) is 7.12. The third-order valence-corrected chi connectivity index (χ3v) is 7.12. The number of amides is 1. The summed E-state index contributed by atoms with van der Waals surface area (Å²) in [5.41, 5.74) is 4.41. The van der Waals surface area contributed by atoms with E-state index in [0.29, 0.717) is 26.1 Å². The third kappa shape index (κ3) is 5.75. The first kappa shape index (κ1) is 25.6. The number of aryl methyl sites for hydroxylation is 1. The number of allylic oxidation sites excluding steroid dienone is 1. The molecule has 0 N–H and O–H groups in total. The number of carbonyl (C=O) groups is 1. The van der Waals surface area contributed by atoms with Crippen LogP contribution in [0.4, 0.5) is 0 Å². The predicted octanol–water partition coefficient (Wildman–Crippen LogP) is 6.15. The highest BCUT2D eigenvalue weighted by Crippen LogP contribution is 2.32. The average Bonchev–Trinajstić information content (AvgIpc) is 3.49. The molecule has 1 amide bonds. The minimum Gasteiger partial charge on any atom is -0.493 e. The second kappa shape index (κ2) is 12.0. The molecule has 6 nitrogen and oxygen atoms in total. The van der Waals surface area contributed by atoms with Crippen molar-refractivity contribution in [3.8, 4) is 11.5 Å². The van der Waals surface area contributed by atoms with Gasteiger partial charge in [-0.1, -0.05) is 54.6 Å². The number of fused-ring (bicyclic) bond motifs is 1. The number of unbranched alkanes of at least 4 members (excludes halogenated alkanes) is 1. The van der Waals surface area contributed by atoms with Gasteiger partial charge in [0.1, 0.15) is 5.82 Å². The Kier molecular flexibility index (Phi) is 8.07. The van der Waals surface area contributed by atoms with Gasteiger partial charge in [0.05, 0.1) is 24.8 Å². The molecule has 38 heavy (non-hydrogen) atoms. The monoisotopic (exact) mass is 509 g/mol. The van der Waals surface area contributed by atoms with Crippen LogP contribution in [0.2, 0.25) is 0 Å². The molecule has 1 aliphatic rings. The lowest BCUT2D eigenvalue weighted by molar-refractivity contribution is -0.128. The summed E-state index contributed by atoms with van der Waals surface area (Å²) in [5, 5.41) is 0. The Morgan fingerprint density at radius 1 is 1.00 bits per heavy atom. The van der Waals surface area contributed by atoms with Crippen molar-refractivity contribution in [2.24, 2.45) is 0 Å². The number of likely N-dealkylation sites (tertiary alicyclic amines) is 1. The summed E-state index contributed by atoms with van der Waals surface area (Å²) in [6.45, 7) is 6.58. The van der Waals surface area contributed by atoms with Crippen molar-refractivity contribution in [1.29, 1.82) is 0 Å². The maximum atomic E-state index is 12.9. The number of hydrogen-bond donors (Lipinski definition) is 0. The fourth-order valence-corrected chi connectivity index (χ4v) is 5.22. The van der Waals surface area contributed by atoms with Gasteiger partial charge < -0.3 is 18.9 Å². The van der Waals surface area contributed by atoms with Crippen molar-refractivity contribution in [2.45, 2.75) is 44.7 Å².